The van der Waals surface area contributed by atoms with E-state index in [0.29, 0.717) is 0 Å². The molecule has 0 fully saturated rings. The van der Waals surface area contributed by atoms with Crippen molar-refractivity contribution in [1.29, 1.82) is 0 Å². The molecule has 0 heterocycles. The van der Waals surface area contributed by atoms with Crippen LogP contribution in [0.3, 0.4) is 0 Å². The largest absolute Gasteiger partial charge is 0.379 e. The van der Waals surface area contributed by atoms with Crippen molar-refractivity contribution in [1.82, 2.24) is 5.32 Å². The number of methoxy groups -OCH3 is 1. The van der Waals surface area contributed by atoms with Crippen molar-refractivity contribution in [2.45, 2.75) is 38.8 Å². The second-order valence-electron chi connectivity index (χ2n) is 4.05. The number of nitrogens with one attached hydrogen (secondary N) is 1. The van der Waals surface area contributed by atoms with Gasteiger partial charge in [-0.25, -0.2) is 0 Å². The third-order valence-corrected chi connectivity index (χ3v) is 3.11. The molecule has 0 amide bonds. The van der Waals surface area contributed by atoms with Gasteiger partial charge in [0.2, 0.25) is 0 Å². The van der Waals surface area contributed by atoms with Crippen LogP contribution in [0.2, 0.25) is 0 Å². The van der Waals surface area contributed by atoms with E-state index in [1.54, 1.807) is 7.11 Å². The first-order chi connectivity index (χ1) is 7.76. The summed E-state index contributed by atoms with van der Waals surface area (Å²) in [5.41, 5.74) is 2.69. The maximum atomic E-state index is 5.52. The minimum absolute atomic E-state index is 0.233. The van der Waals surface area contributed by atoms with E-state index in [2.05, 4.69) is 43.4 Å². The standard InChI is InChI=1S/C14H23NO/c1-5-11-8-7-9-12(10-11)14(15-3)13(6-2)16-4/h7-10,13-15H,5-6H2,1-4H3. The first kappa shape index (κ1) is 13.2. The molecule has 2 unspecified atom stereocenters. The van der Waals surface area contributed by atoms with Crippen LogP contribution in [0.15, 0.2) is 24.3 Å². The van der Waals surface area contributed by atoms with E-state index < -0.39 is 0 Å². The molecule has 1 N–H and O–H groups in total. The normalized spacial score (nSPS) is 14.8. The molecule has 2 atom stereocenters. The van der Waals surface area contributed by atoms with Crippen molar-refractivity contribution >= 4 is 0 Å². The second-order valence-corrected chi connectivity index (χ2v) is 4.05. The molecule has 0 spiro atoms. The average Bonchev–Trinajstić information content (AvgIpc) is 2.35. The molecule has 0 aromatic heterocycles. The Kier molecular flexibility index (Phi) is 5.50. The van der Waals surface area contributed by atoms with E-state index in [1.807, 2.05) is 7.05 Å². The quantitative estimate of drug-likeness (QED) is 0.797. The molecule has 90 valence electrons. The predicted molar refractivity (Wildman–Crippen MR) is 68.7 cm³/mol. The number of rotatable bonds is 6. The maximum absolute atomic E-state index is 5.52. The Labute approximate surface area is 99.0 Å². The van der Waals surface area contributed by atoms with Crippen LogP contribution in [0.5, 0.6) is 0 Å². The lowest BCUT2D eigenvalue weighted by Gasteiger charge is -2.25. The van der Waals surface area contributed by atoms with Gasteiger partial charge >= 0.3 is 0 Å². The summed E-state index contributed by atoms with van der Waals surface area (Å²) in [5.74, 6) is 0. The Morgan fingerprint density at radius 1 is 1.31 bits per heavy atom. The van der Waals surface area contributed by atoms with Crippen molar-refractivity contribution in [3.8, 4) is 0 Å². The van der Waals surface area contributed by atoms with Gasteiger partial charge in [0.1, 0.15) is 0 Å². The lowest BCUT2D eigenvalue weighted by atomic mass is 9.97. The molecule has 0 saturated heterocycles. The summed E-state index contributed by atoms with van der Waals surface area (Å²) >= 11 is 0. The van der Waals surface area contributed by atoms with E-state index in [-0.39, 0.29) is 12.1 Å². The molecule has 0 aliphatic rings. The summed E-state index contributed by atoms with van der Waals surface area (Å²) < 4.78 is 5.52. The molecule has 1 aromatic rings. The van der Waals surface area contributed by atoms with Gasteiger partial charge in [-0.05, 0) is 31.0 Å². The zero-order chi connectivity index (χ0) is 12.0. The summed E-state index contributed by atoms with van der Waals surface area (Å²) in [4.78, 5) is 0. The third-order valence-electron chi connectivity index (χ3n) is 3.11. The first-order valence-electron chi connectivity index (χ1n) is 6.05. The van der Waals surface area contributed by atoms with Gasteiger partial charge in [0, 0.05) is 7.11 Å². The number of hydrogen-bond donors (Lipinski definition) is 1. The van der Waals surface area contributed by atoms with Crippen LogP contribution in [0.25, 0.3) is 0 Å². The highest BCUT2D eigenvalue weighted by Crippen LogP contribution is 2.21. The molecule has 2 nitrogen and oxygen atoms in total. The van der Waals surface area contributed by atoms with Gasteiger partial charge < -0.3 is 10.1 Å². The van der Waals surface area contributed by atoms with Crippen LogP contribution < -0.4 is 5.32 Å². The number of benzene rings is 1. The van der Waals surface area contributed by atoms with Crippen LogP contribution in [-0.4, -0.2) is 20.3 Å². The lowest BCUT2D eigenvalue weighted by Crippen LogP contribution is -2.30. The molecule has 2 heteroatoms. The summed E-state index contributed by atoms with van der Waals surface area (Å²) in [7, 11) is 3.77. The van der Waals surface area contributed by atoms with E-state index in [9.17, 15) is 0 Å². The number of likely N-dealkylation sites (N-methyl/N-ethyl adjacent to an activating group) is 1. The van der Waals surface area contributed by atoms with Crippen molar-refractivity contribution < 1.29 is 4.74 Å². The smallest absolute Gasteiger partial charge is 0.0763 e. The number of hydrogen-bond acceptors (Lipinski definition) is 2. The van der Waals surface area contributed by atoms with Gasteiger partial charge in [-0.3, -0.25) is 0 Å². The Morgan fingerprint density at radius 3 is 2.56 bits per heavy atom. The SMILES string of the molecule is CCc1cccc(C(NC)C(CC)OC)c1. The number of ether oxygens (including phenoxy) is 1. The summed E-state index contributed by atoms with van der Waals surface area (Å²) in [6.45, 7) is 4.34. The zero-order valence-corrected chi connectivity index (χ0v) is 10.8. The van der Waals surface area contributed by atoms with Crippen LogP contribution in [0.1, 0.15) is 37.4 Å². The summed E-state index contributed by atoms with van der Waals surface area (Å²) in [5, 5.41) is 3.35. The molecule has 0 radical (unpaired) electrons. The molecule has 0 bridgehead atoms. The van der Waals surface area contributed by atoms with E-state index >= 15 is 0 Å². The van der Waals surface area contributed by atoms with Gasteiger partial charge in [0.15, 0.2) is 0 Å². The predicted octanol–water partition coefficient (Wildman–Crippen LogP) is 2.93. The molecule has 16 heavy (non-hydrogen) atoms. The van der Waals surface area contributed by atoms with Crippen molar-refractivity contribution in [3.05, 3.63) is 35.4 Å². The van der Waals surface area contributed by atoms with Gasteiger partial charge in [-0.1, -0.05) is 38.1 Å². The minimum atomic E-state index is 0.233. The zero-order valence-electron chi connectivity index (χ0n) is 10.8. The van der Waals surface area contributed by atoms with E-state index in [1.165, 1.54) is 11.1 Å². The third kappa shape index (κ3) is 3.06. The fraction of sp³-hybridized carbons (Fsp3) is 0.571. The van der Waals surface area contributed by atoms with Crippen LogP contribution >= 0.6 is 0 Å². The molecule has 1 aromatic carbocycles. The van der Waals surface area contributed by atoms with Crippen LogP contribution in [0, 0.1) is 0 Å². The van der Waals surface area contributed by atoms with Crippen LogP contribution in [-0.2, 0) is 11.2 Å². The monoisotopic (exact) mass is 221 g/mol. The Hall–Kier alpha value is -0.860. The lowest BCUT2D eigenvalue weighted by molar-refractivity contribution is 0.0675. The first-order valence-corrected chi connectivity index (χ1v) is 6.05. The maximum Gasteiger partial charge on any atom is 0.0763 e. The highest BCUT2D eigenvalue weighted by atomic mass is 16.5. The van der Waals surface area contributed by atoms with Crippen molar-refractivity contribution in [2.75, 3.05) is 14.2 Å². The molecular formula is C14H23NO. The summed E-state index contributed by atoms with van der Waals surface area (Å²) in [6, 6.07) is 9.01. The van der Waals surface area contributed by atoms with Gasteiger partial charge in [-0.15, -0.1) is 0 Å². The second kappa shape index (κ2) is 6.66. The topological polar surface area (TPSA) is 21.3 Å². The minimum Gasteiger partial charge on any atom is -0.379 e. The Morgan fingerprint density at radius 2 is 2.06 bits per heavy atom. The Balaban J connectivity index is 2.93. The van der Waals surface area contributed by atoms with Gasteiger partial charge in [0.25, 0.3) is 0 Å². The van der Waals surface area contributed by atoms with E-state index in [0.717, 1.165) is 12.8 Å². The van der Waals surface area contributed by atoms with Gasteiger partial charge in [-0.2, -0.15) is 0 Å². The molecule has 1 rings (SSSR count). The molecule has 0 aliphatic carbocycles. The fourth-order valence-electron chi connectivity index (χ4n) is 2.11. The highest BCUT2D eigenvalue weighted by Gasteiger charge is 2.19. The number of aryl methyl sites for hydroxylation is 1. The average molecular weight is 221 g/mol. The molecular weight excluding hydrogens is 198 g/mol. The summed E-state index contributed by atoms with van der Waals surface area (Å²) in [6.07, 6.45) is 2.32. The van der Waals surface area contributed by atoms with Crippen molar-refractivity contribution in [2.24, 2.45) is 0 Å². The molecule has 0 saturated carbocycles. The fourth-order valence-corrected chi connectivity index (χ4v) is 2.11. The Bertz CT molecular complexity index is 307. The van der Waals surface area contributed by atoms with Crippen molar-refractivity contribution in [3.63, 3.8) is 0 Å². The van der Waals surface area contributed by atoms with Crippen LogP contribution in [0.4, 0.5) is 0 Å². The highest BCUT2D eigenvalue weighted by molar-refractivity contribution is 5.26. The van der Waals surface area contributed by atoms with Gasteiger partial charge in [0.05, 0.1) is 12.1 Å². The molecule has 0 aliphatic heterocycles. The van der Waals surface area contributed by atoms with E-state index in [4.69, 9.17) is 4.74 Å².